The summed E-state index contributed by atoms with van der Waals surface area (Å²) in [5.74, 6) is 0.110. The van der Waals surface area contributed by atoms with Crippen LogP contribution in [-0.2, 0) is 0 Å². The van der Waals surface area contributed by atoms with E-state index < -0.39 is 11.7 Å². The van der Waals surface area contributed by atoms with E-state index in [2.05, 4.69) is 15.6 Å². The second kappa shape index (κ2) is 7.95. The fourth-order valence-corrected chi connectivity index (χ4v) is 3.07. The standard InChI is InChI=1S/C21H13Cl2N3O3/c22-15-10-9-12(11-16(15)23)24-21(28)26-17-7-3-1-5-13(17)19-25-18-8-4-2-6-14(18)20(27)29-19/h1-11H,(H2,24,26,28). The first kappa shape index (κ1) is 19.0. The maximum atomic E-state index is 12.4. The van der Waals surface area contributed by atoms with Crippen molar-refractivity contribution < 1.29 is 9.21 Å². The molecule has 0 fully saturated rings. The highest BCUT2D eigenvalue weighted by Gasteiger charge is 2.14. The summed E-state index contributed by atoms with van der Waals surface area (Å²) in [6.07, 6.45) is 0. The van der Waals surface area contributed by atoms with Gasteiger partial charge in [0.15, 0.2) is 0 Å². The van der Waals surface area contributed by atoms with Crippen molar-refractivity contribution in [2.75, 3.05) is 10.6 Å². The number of benzene rings is 3. The number of nitrogens with zero attached hydrogens (tertiary/aromatic N) is 1. The Kier molecular flexibility index (Phi) is 5.20. The summed E-state index contributed by atoms with van der Waals surface area (Å²) in [5.41, 5.74) is 1.38. The number of rotatable bonds is 3. The number of anilines is 2. The third-order valence-electron chi connectivity index (χ3n) is 4.12. The first-order valence-corrected chi connectivity index (χ1v) is 9.29. The summed E-state index contributed by atoms with van der Waals surface area (Å²) >= 11 is 11.9. The Morgan fingerprint density at radius 1 is 0.897 bits per heavy atom. The van der Waals surface area contributed by atoms with Crippen molar-refractivity contribution in [1.82, 2.24) is 4.98 Å². The Balaban J connectivity index is 1.64. The van der Waals surface area contributed by atoms with Gasteiger partial charge in [0, 0.05) is 5.69 Å². The molecule has 2 N–H and O–H groups in total. The second-order valence-corrected chi connectivity index (χ2v) is 6.89. The number of hydrogen-bond donors (Lipinski definition) is 2. The summed E-state index contributed by atoms with van der Waals surface area (Å²) in [7, 11) is 0. The monoisotopic (exact) mass is 425 g/mol. The van der Waals surface area contributed by atoms with Crippen LogP contribution in [0.2, 0.25) is 10.0 Å². The molecule has 2 amide bonds. The van der Waals surface area contributed by atoms with Gasteiger partial charge in [-0.25, -0.2) is 14.6 Å². The Hall–Kier alpha value is -3.35. The van der Waals surface area contributed by atoms with Gasteiger partial charge in [-0.1, -0.05) is 47.5 Å². The molecule has 0 saturated heterocycles. The van der Waals surface area contributed by atoms with Gasteiger partial charge in [-0.3, -0.25) is 0 Å². The van der Waals surface area contributed by atoms with Crippen LogP contribution in [0.25, 0.3) is 22.4 Å². The Bertz CT molecular complexity index is 1290. The Morgan fingerprint density at radius 3 is 2.48 bits per heavy atom. The zero-order valence-electron chi connectivity index (χ0n) is 14.8. The number of carbonyl (C=O) groups excluding carboxylic acids is 1. The number of halogens is 2. The van der Waals surface area contributed by atoms with Crippen molar-refractivity contribution in [3.8, 4) is 11.5 Å². The molecular weight excluding hydrogens is 413 g/mol. The lowest BCUT2D eigenvalue weighted by molar-refractivity contribution is 0.262. The number of amides is 2. The summed E-state index contributed by atoms with van der Waals surface area (Å²) < 4.78 is 5.38. The van der Waals surface area contributed by atoms with E-state index in [0.29, 0.717) is 37.9 Å². The molecule has 0 aliphatic carbocycles. The smallest absolute Gasteiger partial charge is 0.347 e. The van der Waals surface area contributed by atoms with Crippen molar-refractivity contribution >= 4 is 51.5 Å². The molecule has 1 aromatic heterocycles. The topological polar surface area (TPSA) is 84.2 Å². The van der Waals surface area contributed by atoms with Crippen LogP contribution < -0.4 is 16.3 Å². The van der Waals surface area contributed by atoms with Crippen LogP contribution in [-0.4, -0.2) is 11.0 Å². The minimum absolute atomic E-state index is 0.110. The van der Waals surface area contributed by atoms with Crippen LogP contribution in [0.1, 0.15) is 0 Å². The van der Waals surface area contributed by atoms with Crippen LogP contribution >= 0.6 is 23.2 Å². The van der Waals surface area contributed by atoms with Crippen LogP contribution in [0.5, 0.6) is 0 Å². The summed E-state index contributed by atoms with van der Waals surface area (Å²) in [5, 5.41) is 6.51. The Morgan fingerprint density at radius 2 is 1.66 bits per heavy atom. The highest BCUT2D eigenvalue weighted by Crippen LogP contribution is 2.28. The zero-order chi connectivity index (χ0) is 20.4. The molecule has 1 heterocycles. The third-order valence-corrected chi connectivity index (χ3v) is 4.86. The van der Waals surface area contributed by atoms with E-state index in [9.17, 15) is 9.59 Å². The normalized spacial score (nSPS) is 10.7. The minimum Gasteiger partial charge on any atom is -0.403 e. The van der Waals surface area contributed by atoms with Crippen molar-refractivity contribution in [3.63, 3.8) is 0 Å². The molecular formula is C21H13Cl2N3O3. The average molecular weight is 426 g/mol. The number of aromatic nitrogens is 1. The van der Waals surface area contributed by atoms with E-state index >= 15 is 0 Å². The molecule has 4 rings (SSSR count). The molecule has 4 aromatic rings. The third kappa shape index (κ3) is 4.08. The predicted octanol–water partition coefficient (Wildman–Crippen LogP) is 5.81. The highest BCUT2D eigenvalue weighted by atomic mass is 35.5. The predicted molar refractivity (Wildman–Crippen MR) is 115 cm³/mol. The molecule has 0 radical (unpaired) electrons. The van der Waals surface area contributed by atoms with E-state index in [1.807, 2.05) is 0 Å². The molecule has 0 aliphatic rings. The van der Waals surface area contributed by atoms with Crippen LogP contribution in [0.4, 0.5) is 16.2 Å². The quantitative estimate of drug-likeness (QED) is 0.433. The van der Waals surface area contributed by atoms with E-state index in [0.717, 1.165) is 0 Å². The summed E-state index contributed by atoms with van der Waals surface area (Å²) in [4.78, 5) is 29.1. The maximum absolute atomic E-state index is 12.4. The number of carbonyl (C=O) groups is 1. The zero-order valence-corrected chi connectivity index (χ0v) is 16.3. The molecule has 144 valence electrons. The van der Waals surface area contributed by atoms with Crippen molar-refractivity contribution in [1.29, 1.82) is 0 Å². The minimum atomic E-state index is -0.501. The molecule has 0 saturated carbocycles. The molecule has 29 heavy (non-hydrogen) atoms. The van der Waals surface area contributed by atoms with E-state index in [4.69, 9.17) is 27.6 Å². The van der Waals surface area contributed by atoms with Gasteiger partial charge in [-0.2, -0.15) is 0 Å². The van der Waals surface area contributed by atoms with Gasteiger partial charge in [0.25, 0.3) is 0 Å². The summed E-state index contributed by atoms with van der Waals surface area (Å²) in [6, 6.07) is 18.0. The first-order valence-electron chi connectivity index (χ1n) is 8.53. The first-order chi connectivity index (χ1) is 14.0. The van der Waals surface area contributed by atoms with Gasteiger partial charge >= 0.3 is 11.7 Å². The maximum Gasteiger partial charge on any atom is 0.347 e. The van der Waals surface area contributed by atoms with Gasteiger partial charge in [0.05, 0.1) is 32.2 Å². The molecule has 0 atom stereocenters. The lowest BCUT2D eigenvalue weighted by Crippen LogP contribution is -2.20. The number of nitrogens with one attached hydrogen (secondary N) is 2. The molecule has 0 unspecified atom stereocenters. The Labute approximate surface area is 175 Å². The van der Waals surface area contributed by atoms with Gasteiger partial charge in [0.1, 0.15) is 0 Å². The molecule has 3 aromatic carbocycles. The van der Waals surface area contributed by atoms with Gasteiger partial charge in [-0.15, -0.1) is 0 Å². The number of urea groups is 1. The SMILES string of the molecule is O=C(Nc1ccc(Cl)c(Cl)c1)Nc1ccccc1-c1nc2ccccc2c(=O)o1. The van der Waals surface area contributed by atoms with Crippen molar-refractivity contribution in [2.45, 2.75) is 0 Å². The summed E-state index contributed by atoms with van der Waals surface area (Å²) in [6.45, 7) is 0. The largest absolute Gasteiger partial charge is 0.403 e. The van der Waals surface area contributed by atoms with Crippen molar-refractivity contribution in [2.24, 2.45) is 0 Å². The average Bonchev–Trinajstić information content (AvgIpc) is 2.71. The van der Waals surface area contributed by atoms with E-state index in [1.165, 1.54) is 0 Å². The molecule has 0 spiro atoms. The van der Waals surface area contributed by atoms with Crippen LogP contribution in [0.15, 0.2) is 75.9 Å². The molecule has 8 heteroatoms. The van der Waals surface area contributed by atoms with Crippen LogP contribution in [0.3, 0.4) is 0 Å². The second-order valence-electron chi connectivity index (χ2n) is 6.08. The fraction of sp³-hybridized carbons (Fsp3) is 0. The van der Waals surface area contributed by atoms with Gasteiger partial charge in [0.2, 0.25) is 5.89 Å². The lowest BCUT2D eigenvalue weighted by atomic mass is 10.1. The van der Waals surface area contributed by atoms with Gasteiger partial charge < -0.3 is 15.1 Å². The number of para-hydroxylation sites is 2. The lowest BCUT2D eigenvalue weighted by Gasteiger charge is -2.11. The van der Waals surface area contributed by atoms with Gasteiger partial charge in [-0.05, 0) is 42.5 Å². The van der Waals surface area contributed by atoms with E-state index in [1.54, 1.807) is 66.7 Å². The number of fused-ring (bicyclic) bond motifs is 1. The molecule has 6 nitrogen and oxygen atoms in total. The number of hydrogen-bond acceptors (Lipinski definition) is 4. The molecule has 0 aliphatic heterocycles. The fourth-order valence-electron chi connectivity index (χ4n) is 2.77. The highest BCUT2D eigenvalue weighted by molar-refractivity contribution is 6.42. The van der Waals surface area contributed by atoms with Crippen molar-refractivity contribution in [3.05, 3.63) is 87.2 Å². The van der Waals surface area contributed by atoms with E-state index in [-0.39, 0.29) is 5.89 Å². The van der Waals surface area contributed by atoms with Crippen LogP contribution in [0, 0.1) is 0 Å². The molecule has 0 bridgehead atoms.